The Morgan fingerprint density at radius 2 is 2.22 bits per heavy atom. The molecule has 1 aliphatic heterocycles. The lowest BCUT2D eigenvalue weighted by molar-refractivity contribution is -0.127. The zero-order valence-electron chi connectivity index (χ0n) is 10.7. The molecule has 1 fully saturated rings. The maximum absolute atomic E-state index is 11.8. The Balaban J connectivity index is 1.66. The van der Waals surface area contributed by atoms with Gasteiger partial charge in [0.05, 0.1) is 0 Å². The van der Waals surface area contributed by atoms with Crippen LogP contribution in [0.25, 0.3) is 0 Å². The minimum absolute atomic E-state index is 0.231. The minimum atomic E-state index is 0.231. The molecule has 0 saturated heterocycles. The third-order valence-electron chi connectivity index (χ3n) is 4.09. The number of fused-ring (bicyclic) bond motifs is 1. The highest BCUT2D eigenvalue weighted by Gasteiger charge is 2.25. The van der Waals surface area contributed by atoms with E-state index in [9.17, 15) is 4.79 Å². The summed E-state index contributed by atoms with van der Waals surface area (Å²) in [7, 11) is 0. The number of carbonyl (C=O) groups excluding carboxylic acids is 1. The second-order valence-electron chi connectivity index (χ2n) is 5.33. The molecule has 0 unspecified atom stereocenters. The third-order valence-corrected chi connectivity index (χ3v) is 4.09. The maximum atomic E-state index is 11.8. The van der Waals surface area contributed by atoms with E-state index in [-0.39, 0.29) is 11.8 Å². The van der Waals surface area contributed by atoms with Gasteiger partial charge in [0.25, 0.3) is 0 Å². The topological polar surface area (TPSA) is 41.1 Å². The van der Waals surface area contributed by atoms with E-state index in [1.165, 1.54) is 29.7 Å². The van der Waals surface area contributed by atoms with Crippen molar-refractivity contribution in [2.24, 2.45) is 5.92 Å². The number of hydrogen-bond donors (Lipinski definition) is 2. The highest BCUT2D eigenvalue weighted by Crippen LogP contribution is 2.28. The van der Waals surface area contributed by atoms with Gasteiger partial charge in [-0.15, -0.1) is 0 Å². The van der Waals surface area contributed by atoms with Crippen molar-refractivity contribution in [2.45, 2.75) is 38.6 Å². The molecule has 96 valence electrons. The summed E-state index contributed by atoms with van der Waals surface area (Å²) in [6, 6.07) is 6.38. The lowest BCUT2D eigenvalue weighted by Gasteiger charge is -2.25. The molecule has 1 aromatic carbocycles. The first-order valence-electron chi connectivity index (χ1n) is 6.97. The summed E-state index contributed by atoms with van der Waals surface area (Å²) < 4.78 is 0. The third kappa shape index (κ3) is 2.22. The number of para-hydroxylation sites is 1. The van der Waals surface area contributed by atoms with E-state index >= 15 is 0 Å². The fourth-order valence-electron chi connectivity index (χ4n) is 2.73. The largest absolute Gasteiger partial charge is 0.385 e. The Hall–Kier alpha value is -1.51. The zero-order chi connectivity index (χ0) is 12.4. The highest BCUT2D eigenvalue weighted by molar-refractivity contribution is 5.79. The second-order valence-corrected chi connectivity index (χ2v) is 5.33. The second kappa shape index (κ2) is 5.01. The molecule has 3 nitrogen and oxygen atoms in total. The van der Waals surface area contributed by atoms with E-state index in [2.05, 4.69) is 28.8 Å². The van der Waals surface area contributed by atoms with E-state index in [0.29, 0.717) is 6.54 Å². The number of nitrogens with one attached hydrogen (secondary N) is 2. The van der Waals surface area contributed by atoms with Crippen LogP contribution in [-0.2, 0) is 17.8 Å². The standard InChI is InChI=1S/C15H20N2O/c18-15(12-5-2-6-12)17-10-13-7-1-4-11-8-3-9-16-14(11)13/h1,4,7,12,16H,2-3,5-6,8-10H2,(H,17,18). The monoisotopic (exact) mass is 244 g/mol. The summed E-state index contributed by atoms with van der Waals surface area (Å²) >= 11 is 0. The first-order valence-corrected chi connectivity index (χ1v) is 6.97. The van der Waals surface area contributed by atoms with Gasteiger partial charge in [0.1, 0.15) is 0 Å². The molecule has 1 saturated carbocycles. The van der Waals surface area contributed by atoms with E-state index in [1.807, 2.05) is 0 Å². The van der Waals surface area contributed by atoms with Crippen LogP contribution in [0.5, 0.6) is 0 Å². The molecule has 0 spiro atoms. The number of hydrogen-bond acceptors (Lipinski definition) is 2. The van der Waals surface area contributed by atoms with Gasteiger partial charge in [-0.2, -0.15) is 0 Å². The average molecular weight is 244 g/mol. The Labute approximate surface area is 108 Å². The smallest absolute Gasteiger partial charge is 0.223 e. The number of benzene rings is 1. The molecule has 1 heterocycles. The van der Waals surface area contributed by atoms with Crippen molar-refractivity contribution in [2.75, 3.05) is 11.9 Å². The molecule has 0 bridgehead atoms. The van der Waals surface area contributed by atoms with Crippen molar-refractivity contribution >= 4 is 11.6 Å². The average Bonchev–Trinajstić information content (AvgIpc) is 2.34. The molecule has 1 aliphatic carbocycles. The summed E-state index contributed by atoms with van der Waals surface area (Å²) in [6.45, 7) is 1.70. The van der Waals surface area contributed by atoms with Crippen LogP contribution in [0.1, 0.15) is 36.8 Å². The van der Waals surface area contributed by atoms with Gasteiger partial charge in [0.15, 0.2) is 0 Å². The van der Waals surface area contributed by atoms with Crippen LogP contribution in [0.15, 0.2) is 18.2 Å². The molecule has 0 aromatic heterocycles. The van der Waals surface area contributed by atoms with Crippen LogP contribution in [0, 0.1) is 5.92 Å². The molecule has 0 atom stereocenters. The molecular formula is C15H20N2O. The van der Waals surface area contributed by atoms with Crippen molar-refractivity contribution in [1.82, 2.24) is 5.32 Å². The van der Waals surface area contributed by atoms with Crippen LogP contribution in [0.4, 0.5) is 5.69 Å². The SMILES string of the molecule is O=C(NCc1cccc2c1NCCC2)C1CCC1. The first kappa shape index (κ1) is 11.6. The van der Waals surface area contributed by atoms with Crippen molar-refractivity contribution in [3.05, 3.63) is 29.3 Å². The van der Waals surface area contributed by atoms with Gasteiger partial charge in [-0.1, -0.05) is 24.6 Å². The quantitative estimate of drug-likeness (QED) is 0.857. The normalized spacial score (nSPS) is 18.4. The van der Waals surface area contributed by atoms with Crippen molar-refractivity contribution in [3.8, 4) is 0 Å². The Bertz CT molecular complexity index is 452. The molecule has 3 heteroatoms. The van der Waals surface area contributed by atoms with Gasteiger partial charge < -0.3 is 10.6 Å². The predicted molar refractivity (Wildman–Crippen MR) is 72.4 cm³/mol. The molecule has 2 aliphatic rings. The summed E-state index contributed by atoms with van der Waals surface area (Å²) in [5, 5.41) is 6.53. The molecular weight excluding hydrogens is 224 g/mol. The van der Waals surface area contributed by atoms with Gasteiger partial charge in [0, 0.05) is 24.7 Å². The van der Waals surface area contributed by atoms with Crippen LogP contribution in [-0.4, -0.2) is 12.5 Å². The minimum Gasteiger partial charge on any atom is -0.385 e. The summed E-state index contributed by atoms with van der Waals surface area (Å²) in [4.78, 5) is 11.8. The lowest BCUT2D eigenvalue weighted by Crippen LogP contribution is -2.34. The van der Waals surface area contributed by atoms with Crippen LogP contribution >= 0.6 is 0 Å². The highest BCUT2D eigenvalue weighted by atomic mass is 16.1. The maximum Gasteiger partial charge on any atom is 0.223 e. The predicted octanol–water partition coefficient (Wildman–Crippen LogP) is 2.46. The Kier molecular flexibility index (Phi) is 3.22. The van der Waals surface area contributed by atoms with Crippen molar-refractivity contribution in [3.63, 3.8) is 0 Å². The van der Waals surface area contributed by atoms with Gasteiger partial charge in [-0.25, -0.2) is 0 Å². The van der Waals surface area contributed by atoms with Crippen molar-refractivity contribution in [1.29, 1.82) is 0 Å². The molecule has 1 aromatic rings. The van der Waals surface area contributed by atoms with Gasteiger partial charge in [-0.05, 0) is 36.8 Å². The molecule has 3 rings (SSSR count). The van der Waals surface area contributed by atoms with Gasteiger partial charge in [0.2, 0.25) is 5.91 Å². The van der Waals surface area contributed by atoms with E-state index in [4.69, 9.17) is 0 Å². The van der Waals surface area contributed by atoms with Crippen molar-refractivity contribution < 1.29 is 4.79 Å². The van der Waals surface area contributed by atoms with Gasteiger partial charge >= 0.3 is 0 Å². The summed E-state index contributed by atoms with van der Waals surface area (Å²) in [6.07, 6.45) is 5.69. The summed E-state index contributed by atoms with van der Waals surface area (Å²) in [5.74, 6) is 0.507. The summed E-state index contributed by atoms with van der Waals surface area (Å²) in [5.41, 5.74) is 3.86. The molecule has 2 N–H and O–H groups in total. The molecule has 1 amide bonds. The number of rotatable bonds is 3. The Morgan fingerprint density at radius 1 is 1.33 bits per heavy atom. The number of anilines is 1. The molecule has 0 radical (unpaired) electrons. The van der Waals surface area contributed by atoms with Crippen LogP contribution in [0.2, 0.25) is 0 Å². The van der Waals surface area contributed by atoms with E-state index in [0.717, 1.165) is 25.8 Å². The number of carbonyl (C=O) groups is 1. The number of aryl methyl sites for hydroxylation is 1. The Morgan fingerprint density at radius 3 is 3.00 bits per heavy atom. The molecule has 18 heavy (non-hydrogen) atoms. The first-order chi connectivity index (χ1) is 8.84. The van der Waals surface area contributed by atoms with Crippen LogP contribution < -0.4 is 10.6 Å². The fourth-order valence-corrected chi connectivity index (χ4v) is 2.73. The van der Waals surface area contributed by atoms with E-state index in [1.54, 1.807) is 0 Å². The fraction of sp³-hybridized carbons (Fsp3) is 0.533. The number of amides is 1. The lowest BCUT2D eigenvalue weighted by atomic mass is 9.85. The van der Waals surface area contributed by atoms with Gasteiger partial charge in [-0.3, -0.25) is 4.79 Å². The van der Waals surface area contributed by atoms with Crippen LogP contribution in [0.3, 0.4) is 0 Å². The zero-order valence-corrected chi connectivity index (χ0v) is 10.7. The van der Waals surface area contributed by atoms with E-state index < -0.39 is 0 Å².